The molecular weight excluding hydrogens is 433 g/mol. The lowest BCUT2D eigenvalue weighted by Gasteiger charge is -2.22. The lowest BCUT2D eigenvalue weighted by Crippen LogP contribution is -2.43. The molecule has 0 bridgehead atoms. The van der Waals surface area contributed by atoms with Crippen molar-refractivity contribution >= 4 is 35.3 Å². The number of amides is 3. The van der Waals surface area contributed by atoms with E-state index in [0.29, 0.717) is 12.8 Å². The van der Waals surface area contributed by atoms with Gasteiger partial charge in [-0.15, -0.1) is 0 Å². The van der Waals surface area contributed by atoms with Gasteiger partial charge in [-0.1, -0.05) is 23.7 Å². The number of carboxylic acid groups (broad SMARTS) is 1. The number of aromatic carboxylic acids is 1. The average molecular weight is 452 g/mol. The van der Waals surface area contributed by atoms with Crippen molar-refractivity contribution in [3.05, 3.63) is 52.1 Å². The van der Waals surface area contributed by atoms with Crippen LogP contribution in [0.2, 0.25) is 5.02 Å². The summed E-state index contributed by atoms with van der Waals surface area (Å²) in [7, 11) is 0. The molecule has 0 unspecified atom stereocenters. The first-order valence-electron chi connectivity index (χ1n) is 9.27. The van der Waals surface area contributed by atoms with Crippen molar-refractivity contribution in [1.82, 2.24) is 20.0 Å². The number of aromatic nitrogens is 2. The minimum absolute atomic E-state index is 0.0645. The molecule has 1 aromatic heterocycles. The minimum atomic E-state index is -1.38. The summed E-state index contributed by atoms with van der Waals surface area (Å²) in [5.74, 6) is -4.01. The van der Waals surface area contributed by atoms with Crippen LogP contribution in [0.15, 0.2) is 24.3 Å². The van der Waals surface area contributed by atoms with Crippen molar-refractivity contribution in [3.8, 4) is 0 Å². The fourth-order valence-electron chi connectivity index (χ4n) is 2.95. The molecule has 1 fully saturated rings. The van der Waals surface area contributed by atoms with E-state index in [2.05, 4.69) is 10.4 Å². The van der Waals surface area contributed by atoms with E-state index in [1.54, 1.807) is 6.07 Å². The van der Waals surface area contributed by atoms with Crippen molar-refractivity contribution < 1.29 is 28.7 Å². The molecule has 3 rings (SSSR count). The SMILES string of the molecule is NC(=O)c1cc(C(=O)O)n(CC(=O)N(CC(=O)NCc2cccc(Cl)c2F)C2CC2)n1. The molecule has 2 aromatic rings. The minimum Gasteiger partial charge on any atom is -0.477 e. The summed E-state index contributed by atoms with van der Waals surface area (Å²) in [5, 5.41) is 15.5. The lowest BCUT2D eigenvalue weighted by molar-refractivity contribution is -0.137. The van der Waals surface area contributed by atoms with Crippen LogP contribution in [-0.2, 0) is 22.7 Å². The van der Waals surface area contributed by atoms with Gasteiger partial charge in [-0.2, -0.15) is 5.10 Å². The van der Waals surface area contributed by atoms with E-state index in [9.17, 15) is 28.7 Å². The molecule has 0 aliphatic heterocycles. The molecule has 164 valence electrons. The number of rotatable bonds is 9. The van der Waals surface area contributed by atoms with Crippen LogP contribution >= 0.6 is 11.6 Å². The molecule has 1 aliphatic rings. The van der Waals surface area contributed by atoms with Crippen LogP contribution in [0.5, 0.6) is 0 Å². The van der Waals surface area contributed by atoms with Crippen LogP contribution in [0, 0.1) is 5.82 Å². The third-order valence-electron chi connectivity index (χ3n) is 4.67. The van der Waals surface area contributed by atoms with Gasteiger partial charge in [0.15, 0.2) is 5.69 Å². The van der Waals surface area contributed by atoms with Gasteiger partial charge in [0.2, 0.25) is 11.8 Å². The molecule has 1 heterocycles. The molecule has 4 N–H and O–H groups in total. The monoisotopic (exact) mass is 451 g/mol. The molecule has 1 saturated carbocycles. The Balaban J connectivity index is 1.66. The maximum absolute atomic E-state index is 13.9. The zero-order chi connectivity index (χ0) is 22.7. The fourth-order valence-corrected chi connectivity index (χ4v) is 3.14. The van der Waals surface area contributed by atoms with Crippen LogP contribution in [0.1, 0.15) is 39.4 Å². The van der Waals surface area contributed by atoms with E-state index < -0.39 is 36.1 Å². The normalized spacial score (nSPS) is 13.0. The van der Waals surface area contributed by atoms with E-state index in [1.165, 1.54) is 17.0 Å². The third kappa shape index (κ3) is 5.37. The van der Waals surface area contributed by atoms with Gasteiger partial charge >= 0.3 is 5.97 Å². The van der Waals surface area contributed by atoms with Gasteiger partial charge in [0.1, 0.15) is 18.1 Å². The summed E-state index contributed by atoms with van der Waals surface area (Å²) in [5.41, 5.74) is 4.66. The molecule has 0 saturated heterocycles. The first-order valence-corrected chi connectivity index (χ1v) is 9.65. The molecule has 0 spiro atoms. The topological polar surface area (TPSA) is 148 Å². The van der Waals surface area contributed by atoms with E-state index in [0.717, 1.165) is 10.7 Å². The van der Waals surface area contributed by atoms with Crippen LogP contribution in [0.25, 0.3) is 0 Å². The number of carbonyl (C=O) groups excluding carboxylic acids is 3. The summed E-state index contributed by atoms with van der Waals surface area (Å²) in [6.45, 7) is -0.887. The Morgan fingerprint density at radius 3 is 2.65 bits per heavy atom. The number of halogens is 2. The Kier molecular flexibility index (Phi) is 6.54. The molecule has 3 amide bonds. The maximum atomic E-state index is 13.9. The smallest absolute Gasteiger partial charge is 0.354 e. The summed E-state index contributed by atoms with van der Waals surface area (Å²) >= 11 is 5.72. The zero-order valence-corrected chi connectivity index (χ0v) is 16.9. The van der Waals surface area contributed by atoms with E-state index in [-0.39, 0.29) is 41.1 Å². The molecule has 10 nitrogen and oxygen atoms in total. The molecule has 12 heteroatoms. The lowest BCUT2D eigenvalue weighted by atomic mass is 10.2. The third-order valence-corrected chi connectivity index (χ3v) is 4.96. The van der Waals surface area contributed by atoms with Gasteiger partial charge in [-0.05, 0) is 18.9 Å². The highest BCUT2D eigenvalue weighted by Gasteiger charge is 2.34. The number of hydrogen-bond donors (Lipinski definition) is 3. The van der Waals surface area contributed by atoms with Crippen LogP contribution in [-0.4, -0.2) is 56.1 Å². The predicted octanol–water partition coefficient (Wildman–Crippen LogP) is 0.780. The molecule has 0 atom stereocenters. The summed E-state index contributed by atoms with van der Waals surface area (Å²) < 4.78 is 14.8. The second-order valence-corrected chi connectivity index (χ2v) is 7.39. The molecule has 1 aromatic carbocycles. The number of benzene rings is 1. The summed E-state index contributed by atoms with van der Waals surface area (Å²) in [4.78, 5) is 49.0. The van der Waals surface area contributed by atoms with Crippen LogP contribution in [0.3, 0.4) is 0 Å². The van der Waals surface area contributed by atoms with Crippen LogP contribution in [0.4, 0.5) is 4.39 Å². The largest absolute Gasteiger partial charge is 0.477 e. The highest BCUT2D eigenvalue weighted by Crippen LogP contribution is 2.27. The van der Waals surface area contributed by atoms with Gasteiger partial charge in [0, 0.05) is 24.2 Å². The second-order valence-electron chi connectivity index (χ2n) is 6.98. The van der Waals surface area contributed by atoms with Gasteiger partial charge in [0.25, 0.3) is 5.91 Å². The second kappa shape index (κ2) is 9.13. The first kappa shape index (κ1) is 22.2. The van der Waals surface area contributed by atoms with Crippen molar-refractivity contribution in [2.75, 3.05) is 6.54 Å². The van der Waals surface area contributed by atoms with Crippen molar-refractivity contribution in [1.29, 1.82) is 0 Å². The number of primary amides is 1. The quantitative estimate of drug-likeness (QED) is 0.513. The van der Waals surface area contributed by atoms with Crippen molar-refractivity contribution in [2.45, 2.75) is 32.0 Å². The standard InChI is InChI=1S/C19H19ClFN5O5/c20-12-3-1-2-10(17(12)21)7-23-15(27)8-25(11-4-5-11)16(28)9-26-14(19(30)31)6-13(24-26)18(22)29/h1-3,6,11H,4-5,7-9H2,(H2,22,29)(H,23,27)(H,30,31). The molecular formula is C19H19ClFN5O5. The van der Waals surface area contributed by atoms with Gasteiger partial charge in [-0.3, -0.25) is 14.4 Å². The predicted molar refractivity (Wildman–Crippen MR) is 106 cm³/mol. The first-order chi connectivity index (χ1) is 14.7. The number of nitrogens with zero attached hydrogens (tertiary/aromatic N) is 3. The zero-order valence-electron chi connectivity index (χ0n) is 16.2. The summed E-state index contributed by atoms with van der Waals surface area (Å²) in [6, 6.07) is 5.23. The van der Waals surface area contributed by atoms with Gasteiger partial charge in [0.05, 0.1) is 11.6 Å². The van der Waals surface area contributed by atoms with Crippen molar-refractivity contribution in [3.63, 3.8) is 0 Å². The van der Waals surface area contributed by atoms with E-state index in [1.807, 2.05) is 0 Å². The highest BCUT2D eigenvalue weighted by molar-refractivity contribution is 6.30. The Morgan fingerprint density at radius 2 is 2.03 bits per heavy atom. The van der Waals surface area contributed by atoms with E-state index >= 15 is 0 Å². The Bertz CT molecular complexity index is 1050. The maximum Gasteiger partial charge on any atom is 0.354 e. The van der Waals surface area contributed by atoms with Crippen molar-refractivity contribution in [2.24, 2.45) is 5.73 Å². The Morgan fingerprint density at radius 1 is 1.32 bits per heavy atom. The van der Waals surface area contributed by atoms with Gasteiger partial charge in [-0.25, -0.2) is 13.9 Å². The number of nitrogens with two attached hydrogens (primary N) is 1. The number of carboxylic acids is 1. The Hall–Kier alpha value is -3.47. The van der Waals surface area contributed by atoms with E-state index in [4.69, 9.17) is 17.3 Å². The van der Waals surface area contributed by atoms with Crippen LogP contribution < -0.4 is 11.1 Å². The number of carbonyl (C=O) groups is 4. The molecule has 0 radical (unpaired) electrons. The average Bonchev–Trinajstić information content (AvgIpc) is 3.45. The fraction of sp³-hybridized carbons (Fsp3) is 0.316. The molecule has 31 heavy (non-hydrogen) atoms. The number of nitrogens with one attached hydrogen (secondary N) is 1. The summed E-state index contributed by atoms with van der Waals surface area (Å²) in [6.07, 6.45) is 1.39. The number of hydrogen-bond acceptors (Lipinski definition) is 5. The molecule has 1 aliphatic carbocycles. The highest BCUT2D eigenvalue weighted by atomic mass is 35.5. The van der Waals surface area contributed by atoms with Gasteiger partial charge < -0.3 is 21.1 Å². The Labute approximate surface area is 180 Å².